The molecule has 0 aliphatic heterocycles. The zero-order valence-electron chi connectivity index (χ0n) is 14.6. The van der Waals surface area contributed by atoms with Gasteiger partial charge in [-0.3, -0.25) is 4.79 Å². The second kappa shape index (κ2) is 7.58. The van der Waals surface area contributed by atoms with Crippen molar-refractivity contribution in [2.45, 2.75) is 6.42 Å². The van der Waals surface area contributed by atoms with Gasteiger partial charge in [-0.2, -0.15) is 0 Å². The van der Waals surface area contributed by atoms with Crippen molar-refractivity contribution in [2.75, 3.05) is 26.6 Å². The van der Waals surface area contributed by atoms with Gasteiger partial charge in [0.2, 0.25) is 5.91 Å². The van der Waals surface area contributed by atoms with Crippen LogP contribution in [0.2, 0.25) is 5.02 Å². The average molecular weight is 376 g/mol. The third kappa shape index (κ3) is 3.55. The van der Waals surface area contributed by atoms with Gasteiger partial charge in [-0.05, 0) is 12.1 Å². The van der Waals surface area contributed by atoms with E-state index in [1.807, 2.05) is 12.1 Å². The van der Waals surface area contributed by atoms with Crippen molar-refractivity contribution < 1.29 is 23.4 Å². The molecule has 3 aromatic rings. The van der Waals surface area contributed by atoms with E-state index in [2.05, 4.69) is 5.32 Å². The minimum Gasteiger partial charge on any atom is -0.497 e. The number of carbonyl (C=O) groups excluding carboxylic acids is 1. The molecule has 2 aromatic carbocycles. The van der Waals surface area contributed by atoms with Crippen LogP contribution in [0.4, 0.5) is 5.69 Å². The lowest BCUT2D eigenvalue weighted by atomic mass is 10.1. The van der Waals surface area contributed by atoms with Gasteiger partial charge in [0.25, 0.3) is 0 Å². The van der Waals surface area contributed by atoms with Gasteiger partial charge in [-0.15, -0.1) is 0 Å². The van der Waals surface area contributed by atoms with E-state index in [1.54, 1.807) is 31.6 Å². The monoisotopic (exact) mass is 375 g/mol. The van der Waals surface area contributed by atoms with Gasteiger partial charge >= 0.3 is 0 Å². The molecule has 1 amide bonds. The number of methoxy groups -OCH3 is 3. The Kier molecular flexibility index (Phi) is 5.23. The standard InChI is InChI=1S/C19H18ClNO5/c1-23-12-4-5-13-11(10-26-16(13)7-12)6-19(22)21-15-9-17(24-2)14(20)8-18(15)25-3/h4-5,7-10H,6H2,1-3H3,(H,21,22). The summed E-state index contributed by atoms with van der Waals surface area (Å²) in [5.74, 6) is 1.38. The Morgan fingerprint density at radius 2 is 1.85 bits per heavy atom. The van der Waals surface area contributed by atoms with Crippen molar-refractivity contribution in [3.8, 4) is 17.2 Å². The van der Waals surface area contributed by atoms with E-state index in [1.165, 1.54) is 14.2 Å². The second-order valence-electron chi connectivity index (χ2n) is 5.54. The molecule has 6 nitrogen and oxygen atoms in total. The van der Waals surface area contributed by atoms with Crippen LogP contribution < -0.4 is 19.5 Å². The fourth-order valence-corrected chi connectivity index (χ4v) is 2.88. The van der Waals surface area contributed by atoms with Crippen LogP contribution in [0.25, 0.3) is 11.0 Å². The Morgan fingerprint density at radius 3 is 2.54 bits per heavy atom. The number of hydrogen-bond acceptors (Lipinski definition) is 5. The van der Waals surface area contributed by atoms with Gasteiger partial charge < -0.3 is 23.9 Å². The van der Waals surface area contributed by atoms with Gasteiger partial charge in [0.05, 0.1) is 44.7 Å². The summed E-state index contributed by atoms with van der Waals surface area (Å²) in [4.78, 5) is 12.5. The van der Waals surface area contributed by atoms with Gasteiger partial charge in [0.1, 0.15) is 22.8 Å². The zero-order chi connectivity index (χ0) is 18.7. The maximum absolute atomic E-state index is 12.5. The first kappa shape index (κ1) is 17.9. The Balaban J connectivity index is 1.81. The minimum atomic E-state index is -0.216. The fourth-order valence-electron chi connectivity index (χ4n) is 2.65. The normalized spacial score (nSPS) is 10.6. The molecule has 0 radical (unpaired) electrons. The van der Waals surface area contributed by atoms with Gasteiger partial charge in [0, 0.05) is 29.1 Å². The van der Waals surface area contributed by atoms with E-state index in [0.29, 0.717) is 33.5 Å². The number of halogens is 1. The maximum Gasteiger partial charge on any atom is 0.229 e. The molecular weight excluding hydrogens is 358 g/mol. The van der Waals surface area contributed by atoms with Crippen molar-refractivity contribution in [3.63, 3.8) is 0 Å². The fraction of sp³-hybridized carbons (Fsp3) is 0.211. The van der Waals surface area contributed by atoms with Crippen molar-refractivity contribution in [3.05, 3.63) is 47.2 Å². The van der Waals surface area contributed by atoms with Crippen LogP contribution in [-0.4, -0.2) is 27.2 Å². The summed E-state index contributed by atoms with van der Waals surface area (Å²) in [6.07, 6.45) is 1.72. The largest absolute Gasteiger partial charge is 0.497 e. The molecular formula is C19H18ClNO5. The van der Waals surface area contributed by atoms with Crippen LogP contribution in [0.5, 0.6) is 17.2 Å². The van der Waals surface area contributed by atoms with Gasteiger partial charge in [-0.1, -0.05) is 11.6 Å². The molecule has 7 heteroatoms. The highest BCUT2D eigenvalue weighted by molar-refractivity contribution is 6.32. The summed E-state index contributed by atoms with van der Waals surface area (Å²) in [6, 6.07) is 8.69. The smallest absolute Gasteiger partial charge is 0.229 e. The summed E-state index contributed by atoms with van der Waals surface area (Å²) in [5.41, 5.74) is 1.92. The molecule has 0 saturated carbocycles. The first-order valence-electron chi connectivity index (χ1n) is 7.81. The predicted octanol–water partition coefficient (Wildman–Crippen LogP) is 4.29. The van der Waals surface area contributed by atoms with Crippen LogP contribution in [-0.2, 0) is 11.2 Å². The van der Waals surface area contributed by atoms with Crippen LogP contribution in [0.1, 0.15) is 5.56 Å². The molecule has 0 aliphatic carbocycles. The van der Waals surface area contributed by atoms with E-state index in [0.717, 1.165) is 10.9 Å². The lowest BCUT2D eigenvalue weighted by Gasteiger charge is -2.13. The molecule has 136 valence electrons. The van der Waals surface area contributed by atoms with Crippen LogP contribution >= 0.6 is 11.6 Å². The maximum atomic E-state index is 12.5. The molecule has 0 saturated heterocycles. The van der Waals surface area contributed by atoms with Crippen LogP contribution in [0, 0.1) is 0 Å². The Bertz CT molecular complexity index is 950. The third-order valence-corrected chi connectivity index (χ3v) is 4.26. The highest BCUT2D eigenvalue weighted by Gasteiger charge is 2.15. The lowest BCUT2D eigenvalue weighted by Crippen LogP contribution is -2.15. The van der Waals surface area contributed by atoms with Crippen LogP contribution in [0.3, 0.4) is 0 Å². The number of hydrogen-bond donors (Lipinski definition) is 1. The summed E-state index contributed by atoms with van der Waals surface area (Å²) >= 11 is 6.08. The number of amides is 1. The molecule has 3 rings (SSSR count). The van der Waals surface area contributed by atoms with E-state index >= 15 is 0 Å². The van der Waals surface area contributed by atoms with Crippen molar-refractivity contribution in [1.29, 1.82) is 0 Å². The molecule has 1 N–H and O–H groups in total. The summed E-state index contributed by atoms with van der Waals surface area (Å²) in [5, 5.41) is 4.08. The van der Waals surface area contributed by atoms with E-state index in [9.17, 15) is 4.79 Å². The lowest BCUT2D eigenvalue weighted by molar-refractivity contribution is -0.115. The first-order valence-corrected chi connectivity index (χ1v) is 8.19. The number of ether oxygens (including phenoxy) is 3. The number of anilines is 1. The topological polar surface area (TPSA) is 69.9 Å². The van der Waals surface area contributed by atoms with Gasteiger partial charge in [0.15, 0.2) is 0 Å². The molecule has 26 heavy (non-hydrogen) atoms. The van der Waals surface area contributed by atoms with Crippen LogP contribution in [0.15, 0.2) is 41.0 Å². The number of carbonyl (C=O) groups is 1. The summed E-state index contributed by atoms with van der Waals surface area (Å²) in [6.45, 7) is 0. The highest BCUT2D eigenvalue weighted by atomic mass is 35.5. The van der Waals surface area contributed by atoms with Crippen molar-refractivity contribution in [1.82, 2.24) is 0 Å². The Labute approximate surface area is 155 Å². The van der Waals surface area contributed by atoms with E-state index in [4.69, 9.17) is 30.2 Å². The van der Waals surface area contributed by atoms with Crippen molar-refractivity contribution >= 4 is 34.2 Å². The zero-order valence-corrected chi connectivity index (χ0v) is 15.3. The summed E-state index contributed by atoms with van der Waals surface area (Å²) in [7, 11) is 4.60. The minimum absolute atomic E-state index is 0.146. The Morgan fingerprint density at radius 1 is 1.08 bits per heavy atom. The molecule has 1 aromatic heterocycles. The van der Waals surface area contributed by atoms with E-state index < -0.39 is 0 Å². The molecule has 0 aliphatic rings. The summed E-state index contributed by atoms with van der Waals surface area (Å²) < 4.78 is 21.1. The van der Waals surface area contributed by atoms with Gasteiger partial charge in [-0.25, -0.2) is 0 Å². The second-order valence-corrected chi connectivity index (χ2v) is 5.94. The molecule has 0 unspecified atom stereocenters. The predicted molar refractivity (Wildman–Crippen MR) is 99.7 cm³/mol. The Hall–Kier alpha value is -2.86. The number of rotatable bonds is 6. The van der Waals surface area contributed by atoms with E-state index in [-0.39, 0.29) is 12.3 Å². The molecule has 1 heterocycles. The highest BCUT2D eigenvalue weighted by Crippen LogP contribution is 2.36. The number of benzene rings is 2. The number of furan rings is 1. The first-order chi connectivity index (χ1) is 12.5. The number of fused-ring (bicyclic) bond motifs is 1. The number of nitrogens with one attached hydrogen (secondary N) is 1. The van der Waals surface area contributed by atoms with Crippen molar-refractivity contribution in [2.24, 2.45) is 0 Å². The molecule has 0 bridgehead atoms. The third-order valence-electron chi connectivity index (χ3n) is 3.96. The average Bonchev–Trinajstić information content (AvgIpc) is 3.04. The quantitative estimate of drug-likeness (QED) is 0.695. The molecule has 0 fully saturated rings. The molecule has 0 atom stereocenters. The molecule has 0 spiro atoms. The SMILES string of the molecule is COc1ccc2c(CC(=O)Nc3cc(OC)c(Cl)cc3OC)coc2c1.